The molecular weight excluding hydrogens is 1130 g/mol. The van der Waals surface area contributed by atoms with Crippen LogP contribution in [-0.2, 0) is 6.42 Å². The summed E-state index contributed by atoms with van der Waals surface area (Å²) >= 11 is 5.65. The fraction of sp³-hybridized carbons (Fsp3) is 0.0588. The van der Waals surface area contributed by atoms with Crippen LogP contribution in [0.15, 0.2) is 278 Å². The standard InChI is InChI=1S/C44H32OS.C38H22S2.C3H6/c1-27-14-18-29(19-15-27)42-33-9-3-4-10-34(33)43(30-20-16-28(2)17-21-30)38-26-31(22-23-35(38)42)40-24-25-41(46-40)37-12-7-11-36-32-8-5-6-13-39(32)45-44(36)37;1-2-14-26-25(13-1)35(31-19-9-17-29-23-11-5-7-21-33(23)39-37(29)31)27-15-3-4-16-28(27)36(26)32-20-10-18-30-24-12-6-8-22-34(24)40-38(30)32;1-3-2/h3-5,7-12,14-26H,6,13H2,1-2H3;1-22H;3H,1H2,2H3. The molecule has 0 bridgehead atoms. The molecule has 18 rings (SSSR count). The summed E-state index contributed by atoms with van der Waals surface area (Å²) in [6, 6.07) is 94.3. The zero-order chi connectivity index (χ0) is 59.7. The molecule has 4 heteroatoms. The van der Waals surface area contributed by atoms with Crippen molar-refractivity contribution in [2.24, 2.45) is 0 Å². The van der Waals surface area contributed by atoms with Gasteiger partial charge in [0, 0.05) is 84.2 Å². The molecule has 0 N–H and O–H groups in total. The van der Waals surface area contributed by atoms with Crippen LogP contribution < -0.4 is 0 Å². The maximum atomic E-state index is 6.48. The van der Waals surface area contributed by atoms with E-state index in [1.807, 2.05) is 40.9 Å². The van der Waals surface area contributed by atoms with E-state index in [9.17, 15) is 0 Å². The normalized spacial score (nSPS) is 12.1. The molecule has 0 aliphatic heterocycles. The van der Waals surface area contributed by atoms with Gasteiger partial charge in [-0.1, -0.05) is 248 Å². The van der Waals surface area contributed by atoms with Crippen molar-refractivity contribution < 1.29 is 4.42 Å². The maximum absolute atomic E-state index is 6.48. The van der Waals surface area contributed by atoms with Crippen molar-refractivity contribution in [3.63, 3.8) is 0 Å². The predicted octanol–water partition coefficient (Wildman–Crippen LogP) is 26.3. The number of thiophene rings is 3. The molecule has 0 amide bonds. The molecule has 0 radical (unpaired) electrons. The number of aryl methyl sites for hydroxylation is 3. The van der Waals surface area contributed by atoms with Gasteiger partial charge in [-0.15, -0.1) is 40.6 Å². The number of allylic oxidation sites excluding steroid dienone is 2. The van der Waals surface area contributed by atoms with Gasteiger partial charge in [0.25, 0.3) is 0 Å². The van der Waals surface area contributed by atoms with Gasteiger partial charge < -0.3 is 4.42 Å². The van der Waals surface area contributed by atoms with Gasteiger partial charge in [0.15, 0.2) is 0 Å². The van der Waals surface area contributed by atoms with Crippen LogP contribution in [0.4, 0.5) is 0 Å². The summed E-state index contributed by atoms with van der Waals surface area (Å²) < 4.78 is 11.9. The molecule has 0 atom stereocenters. The Morgan fingerprint density at radius 1 is 0.360 bits per heavy atom. The van der Waals surface area contributed by atoms with Crippen molar-refractivity contribution in [3.05, 3.63) is 296 Å². The number of fused-ring (bicyclic) bond motifs is 13. The molecule has 89 heavy (non-hydrogen) atoms. The van der Waals surface area contributed by atoms with E-state index in [-0.39, 0.29) is 0 Å². The summed E-state index contributed by atoms with van der Waals surface area (Å²) in [5.74, 6) is 1.11. The fourth-order valence-corrected chi connectivity index (χ4v) is 17.3. The van der Waals surface area contributed by atoms with Crippen LogP contribution in [0.2, 0.25) is 0 Å². The largest absolute Gasteiger partial charge is 0.460 e. The first-order valence-electron chi connectivity index (χ1n) is 30.7. The highest BCUT2D eigenvalue weighted by Gasteiger charge is 2.24. The minimum absolute atomic E-state index is 0.968. The lowest BCUT2D eigenvalue weighted by molar-refractivity contribution is 0.547. The molecule has 1 aliphatic carbocycles. The predicted molar refractivity (Wildman–Crippen MR) is 392 cm³/mol. The molecule has 17 aromatic rings. The van der Waals surface area contributed by atoms with E-state index in [0.29, 0.717) is 0 Å². The Morgan fingerprint density at radius 3 is 1.28 bits per heavy atom. The monoisotopic (exact) mass is 1190 g/mol. The topological polar surface area (TPSA) is 13.1 Å². The molecular formula is C85H60OS3. The molecule has 1 aliphatic rings. The average Bonchev–Trinajstić information content (AvgIpc) is 1.90. The third kappa shape index (κ3) is 9.33. The summed E-state index contributed by atoms with van der Waals surface area (Å²) in [6.45, 7) is 9.56. The summed E-state index contributed by atoms with van der Waals surface area (Å²) in [7, 11) is 0. The first-order valence-corrected chi connectivity index (χ1v) is 33.1. The van der Waals surface area contributed by atoms with Crippen LogP contribution in [0.3, 0.4) is 0 Å². The van der Waals surface area contributed by atoms with Gasteiger partial charge in [-0.25, -0.2) is 0 Å². The fourth-order valence-electron chi connectivity index (χ4n) is 13.8. The summed E-state index contributed by atoms with van der Waals surface area (Å²) in [4.78, 5) is 2.48. The van der Waals surface area contributed by atoms with Crippen LogP contribution >= 0.6 is 34.0 Å². The van der Waals surface area contributed by atoms with Gasteiger partial charge in [-0.05, 0) is 146 Å². The highest BCUT2D eigenvalue weighted by Crippen LogP contribution is 2.51. The smallest absolute Gasteiger partial charge is 0.143 e. The van der Waals surface area contributed by atoms with Crippen LogP contribution in [0.25, 0.3) is 166 Å². The SMILES string of the molecule is C=CC.Cc1ccc(-c2c3ccccc3c(-c3ccc(C)cc3)c3cc(-c4ccc(-c5cccc6c7c(oc56)CCC=C7)s4)ccc23)cc1.c1ccc2c(c1)sc1c(-c3c4ccccc4c(-c4cccc5c4sc4ccccc45)c4ccccc34)cccc12. The molecule has 0 unspecified atom stereocenters. The average molecular weight is 1190 g/mol. The molecule has 0 saturated carbocycles. The van der Waals surface area contributed by atoms with Crippen molar-refractivity contribution in [1.82, 2.24) is 0 Å². The second-order valence-electron chi connectivity index (χ2n) is 23.3. The third-order valence-electron chi connectivity index (χ3n) is 17.8. The maximum Gasteiger partial charge on any atom is 0.143 e. The van der Waals surface area contributed by atoms with Crippen molar-refractivity contribution in [3.8, 4) is 65.4 Å². The molecule has 1 nitrogen and oxygen atoms in total. The number of para-hydroxylation sites is 1. The molecule has 0 fully saturated rings. The lowest BCUT2D eigenvalue weighted by Gasteiger charge is -2.18. The van der Waals surface area contributed by atoms with E-state index >= 15 is 0 Å². The van der Waals surface area contributed by atoms with E-state index in [0.717, 1.165) is 24.2 Å². The van der Waals surface area contributed by atoms with Gasteiger partial charge in [0.05, 0.1) is 0 Å². The number of hydrogen-bond donors (Lipinski definition) is 0. The highest BCUT2D eigenvalue weighted by atomic mass is 32.1. The van der Waals surface area contributed by atoms with Gasteiger partial charge in [-0.3, -0.25) is 0 Å². The van der Waals surface area contributed by atoms with Gasteiger partial charge in [0.2, 0.25) is 0 Å². The van der Waals surface area contributed by atoms with Crippen molar-refractivity contribution in [2.45, 2.75) is 33.6 Å². The Kier molecular flexibility index (Phi) is 13.9. The van der Waals surface area contributed by atoms with E-state index < -0.39 is 0 Å². The van der Waals surface area contributed by atoms with Gasteiger partial charge >= 0.3 is 0 Å². The lowest BCUT2D eigenvalue weighted by atomic mass is 9.85. The number of rotatable bonds is 6. The Labute approximate surface area is 530 Å². The van der Waals surface area contributed by atoms with Gasteiger partial charge in [-0.2, -0.15) is 0 Å². The molecule has 0 saturated heterocycles. The quantitative estimate of drug-likeness (QED) is 0.119. The van der Waals surface area contributed by atoms with Crippen molar-refractivity contribution in [1.29, 1.82) is 0 Å². The molecule has 0 spiro atoms. The van der Waals surface area contributed by atoms with Crippen LogP contribution in [0, 0.1) is 13.8 Å². The summed E-state index contributed by atoms with van der Waals surface area (Å²) in [5.41, 5.74) is 17.6. The Hall–Kier alpha value is -9.94. The Bertz CT molecular complexity index is 5430. The third-order valence-corrected chi connectivity index (χ3v) is 21.4. The first-order chi connectivity index (χ1) is 43.9. The molecule has 424 valence electrons. The van der Waals surface area contributed by atoms with E-state index in [4.69, 9.17) is 4.42 Å². The highest BCUT2D eigenvalue weighted by molar-refractivity contribution is 7.26. The zero-order valence-electron chi connectivity index (χ0n) is 49.7. The minimum Gasteiger partial charge on any atom is -0.460 e. The molecule has 4 aromatic heterocycles. The van der Waals surface area contributed by atoms with Crippen LogP contribution in [-0.4, -0.2) is 0 Å². The van der Waals surface area contributed by atoms with Gasteiger partial charge in [0.1, 0.15) is 11.3 Å². The first kappa shape index (κ1) is 54.5. The van der Waals surface area contributed by atoms with Crippen LogP contribution in [0.1, 0.15) is 35.8 Å². The second-order valence-corrected chi connectivity index (χ2v) is 26.5. The zero-order valence-corrected chi connectivity index (χ0v) is 52.2. The summed E-state index contributed by atoms with van der Waals surface area (Å²) in [5, 5.41) is 16.9. The van der Waals surface area contributed by atoms with E-state index in [1.54, 1.807) is 6.08 Å². The van der Waals surface area contributed by atoms with E-state index in [1.165, 1.54) is 171 Å². The number of hydrogen-bond acceptors (Lipinski definition) is 4. The summed E-state index contributed by atoms with van der Waals surface area (Å²) in [6.07, 6.45) is 8.24. The van der Waals surface area contributed by atoms with E-state index in [2.05, 4.69) is 287 Å². The second kappa shape index (κ2) is 22.6. The van der Waals surface area contributed by atoms with Crippen molar-refractivity contribution in [2.75, 3.05) is 0 Å². The Morgan fingerprint density at radius 2 is 0.764 bits per heavy atom. The molecule has 13 aromatic carbocycles. The number of furan rings is 1. The Balaban J connectivity index is 0.000000138. The van der Waals surface area contributed by atoms with Crippen molar-refractivity contribution >= 4 is 134 Å². The molecule has 4 heterocycles. The minimum atomic E-state index is 0.968. The number of benzene rings is 13. The lowest BCUT2D eigenvalue weighted by Crippen LogP contribution is -1.91. The van der Waals surface area contributed by atoms with Crippen LogP contribution in [0.5, 0.6) is 0 Å².